The first-order chi connectivity index (χ1) is 10.0. The number of hydrogen-bond donors (Lipinski definition) is 3. The van der Waals surface area contributed by atoms with Crippen molar-refractivity contribution in [3.05, 3.63) is 24.2 Å². The number of aliphatic hydroxyl groups excluding tert-OH is 1. The maximum atomic E-state index is 12.3. The van der Waals surface area contributed by atoms with Crippen LogP contribution in [0.4, 0.5) is 13.6 Å². The smallest absolute Gasteiger partial charge is 0.321 e. The molecule has 0 aromatic carbocycles. The third-order valence-electron chi connectivity index (χ3n) is 2.44. The van der Waals surface area contributed by atoms with E-state index in [9.17, 15) is 18.4 Å². The summed E-state index contributed by atoms with van der Waals surface area (Å²) in [6.45, 7) is -1.39. The van der Waals surface area contributed by atoms with Crippen molar-refractivity contribution in [3.8, 4) is 0 Å². The van der Waals surface area contributed by atoms with Crippen LogP contribution in [0.3, 0.4) is 0 Å². The second-order valence-electron chi connectivity index (χ2n) is 4.16. The number of urea groups is 1. The average Bonchev–Trinajstić information content (AvgIpc) is 2.88. The van der Waals surface area contributed by atoms with Crippen LogP contribution >= 0.6 is 0 Å². The molecule has 0 fully saturated rings. The van der Waals surface area contributed by atoms with E-state index in [0.29, 0.717) is 5.76 Å². The maximum absolute atomic E-state index is 12.3. The van der Waals surface area contributed by atoms with E-state index < -0.39 is 31.5 Å². The van der Waals surface area contributed by atoms with Crippen molar-refractivity contribution in [1.82, 2.24) is 15.5 Å². The Morgan fingerprint density at radius 3 is 2.76 bits per heavy atom. The van der Waals surface area contributed by atoms with Crippen molar-refractivity contribution < 1.29 is 27.9 Å². The van der Waals surface area contributed by atoms with Crippen molar-refractivity contribution in [3.63, 3.8) is 0 Å². The Kier molecular flexibility index (Phi) is 7.33. The van der Waals surface area contributed by atoms with E-state index in [-0.39, 0.29) is 19.7 Å². The fraction of sp³-hybridized carbons (Fsp3) is 0.500. The SMILES string of the molecule is O=C(CN(CCO)CC(F)F)NC(=O)NCc1ccco1. The van der Waals surface area contributed by atoms with E-state index >= 15 is 0 Å². The third kappa shape index (κ3) is 7.37. The molecule has 0 radical (unpaired) electrons. The normalized spacial score (nSPS) is 10.9. The first-order valence-electron chi connectivity index (χ1n) is 6.22. The highest BCUT2D eigenvalue weighted by Gasteiger charge is 2.16. The fourth-order valence-electron chi connectivity index (χ4n) is 1.57. The number of amides is 3. The van der Waals surface area contributed by atoms with Crippen molar-refractivity contribution in [2.75, 3.05) is 26.2 Å². The van der Waals surface area contributed by atoms with E-state index in [1.807, 2.05) is 5.32 Å². The number of alkyl halides is 2. The molecule has 0 aliphatic heterocycles. The van der Waals surface area contributed by atoms with E-state index in [4.69, 9.17) is 9.52 Å². The number of aliphatic hydroxyl groups is 1. The van der Waals surface area contributed by atoms with Crippen LogP contribution in [0.25, 0.3) is 0 Å². The van der Waals surface area contributed by atoms with Gasteiger partial charge in [0.1, 0.15) is 5.76 Å². The Balaban J connectivity index is 2.31. The second-order valence-corrected chi connectivity index (χ2v) is 4.16. The topological polar surface area (TPSA) is 94.8 Å². The Labute approximate surface area is 119 Å². The molecule has 7 nitrogen and oxygen atoms in total. The number of rotatable bonds is 8. The predicted molar refractivity (Wildman–Crippen MR) is 68.6 cm³/mol. The summed E-state index contributed by atoms with van der Waals surface area (Å²) < 4.78 is 29.5. The molecule has 1 aromatic heterocycles. The molecule has 0 aliphatic carbocycles. The lowest BCUT2D eigenvalue weighted by atomic mass is 10.4. The molecular formula is C12H17F2N3O4. The number of imide groups is 1. The molecule has 0 saturated carbocycles. The van der Waals surface area contributed by atoms with E-state index in [1.165, 1.54) is 6.26 Å². The van der Waals surface area contributed by atoms with Crippen LogP contribution in [0, 0.1) is 0 Å². The van der Waals surface area contributed by atoms with Gasteiger partial charge in [-0.25, -0.2) is 13.6 Å². The number of halogens is 2. The lowest BCUT2D eigenvalue weighted by Crippen LogP contribution is -2.45. The molecular weight excluding hydrogens is 288 g/mol. The molecule has 0 spiro atoms. The molecule has 0 atom stereocenters. The minimum absolute atomic E-state index is 0.0776. The molecule has 3 amide bonds. The van der Waals surface area contributed by atoms with Gasteiger partial charge in [-0.15, -0.1) is 0 Å². The maximum Gasteiger partial charge on any atom is 0.321 e. The van der Waals surface area contributed by atoms with Gasteiger partial charge in [-0.3, -0.25) is 15.0 Å². The van der Waals surface area contributed by atoms with Gasteiger partial charge in [-0.2, -0.15) is 0 Å². The molecule has 1 rings (SSSR count). The lowest BCUT2D eigenvalue weighted by molar-refractivity contribution is -0.121. The lowest BCUT2D eigenvalue weighted by Gasteiger charge is -2.19. The average molecular weight is 305 g/mol. The van der Waals surface area contributed by atoms with Crippen LogP contribution in [0.5, 0.6) is 0 Å². The van der Waals surface area contributed by atoms with Crippen molar-refractivity contribution in [2.45, 2.75) is 13.0 Å². The summed E-state index contributed by atoms with van der Waals surface area (Å²) in [5.74, 6) is -0.224. The minimum atomic E-state index is -2.63. The van der Waals surface area contributed by atoms with Crippen molar-refractivity contribution in [1.29, 1.82) is 0 Å². The molecule has 0 aliphatic rings. The number of carbonyl (C=O) groups excluding carboxylic acids is 2. The zero-order chi connectivity index (χ0) is 15.7. The van der Waals surface area contributed by atoms with Gasteiger partial charge in [0.05, 0.1) is 32.5 Å². The molecule has 0 saturated heterocycles. The Morgan fingerprint density at radius 1 is 1.43 bits per heavy atom. The van der Waals surface area contributed by atoms with Gasteiger partial charge >= 0.3 is 6.03 Å². The summed E-state index contributed by atoms with van der Waals surface area (Å²) in [6, 6.07) is 2.54. The Morgan fingerprint density at radius 2 is 2.19 bits per heavy atom. The van der Waals surface area contributed by atoms with Crippen LogP contribution in [0.15, 0.2) is 22.8 Å². The van der Waals surface area contributed by atoms with Crippen LogP contribution < -0.4 is 10.6 Å². The number of carbonyl (C=O) groups is 2. The summed E-state index contributed by atoms with van der Waals surface area (Å²) in [4.78, 5) is 24.0. The van der Waals surface area contributed by atoms with Crippen molar-refractivity contribution >= 4 is 11.9 Å². The zero-order valence-corrected chi connectivity index (χ0v) is 11.2. The molecule has 9 heteroatoms. The van der Waals surface area contributed by atoms with Gasteiger partial charge in [0.2, 0.25) is 5.91 Å². The number of nitrogens with one attached hydrogen (secondary N) is 2. The summed E-state index contributed by atoms with van der Waals surface area (Å²) in [7, 11) is 0. The van der Waals surface area contributed by atoms with Crippen LogP contribution in [-0.2, 0) is 11.3 Å². The monoisotopic (exact) mass is 305 g/mol. The highest BCUT2D eigenvalue weighted by atomic mass is 19.3. The first-order valence-corrected chi connectivity index (χ1v) is 6.22. The second kappa shape index (κ2) is 9.03. The van der Waals surface area contributed by atoms with Crippen LogP contribution in [0.2, 0.25) is 0 Å². The van der Waals surface area contributed by atoms with E-state index in [2.05, 4.69) is 5.32 Å². The minimum Gasteiger partial charge on any atom is -0.467 e. The van der Waals surface area contributed by atoms with Crippen LogP contribution in [-0.4, -0.2) is 54.6 Å². The largest absolute Gasteiger partial charge is 0.467 e. The van der Waals surface area contributed by atoms with E-state index in [0.717, 1.165) is 4.90 Å². The van der Waals surface area contributed by atoms with Gasteiger partial charge in [0, 0.05) is 6.54 Å². The standard InChI is InChI=1S/C12H17F2N3O4/c13-10(14)7-17(3-4-18)8-11(19)16-12(20)15-6-9-2-1-5-21-9/h1-2,5,10,18H,3-4,6-8H2,(H2,15,16,19,20). The summed E-state index contributed by atoms with van der Waals surface area (Å²) in [5, 5.41) is 13.1. The molecule has 1 heterocycles. The van der Waals surface area contributed by atoms with Crippen molar-refractivity contribution in [2.24, 2.45) is 0 Å². The predicted octanol–water partition coefficient (Wildman–Crippen LogP) is 0.165. The summed E-state index contributed by atoms with van der Waals surface area (Å²) in [6.07, 6.45) is -1.19. The molecule has 21 heavy (non-hydrogen) atoms. The van der Waals surface area contributed by atoms with Gasteiger partial charge in [-0.05, 0) is 12.1 Å². The number of hydrogen-bond acceptors (Lipinski definition) is 5. The third-order valence-corrected chi connectivity index (χ3v) is 2.44. The molecule has 1 aromatic rings. The number of nitrogens with zero attached hydrogens (tertiary/aromatic N) is 1. The highest BCUT2D eigenvalue weighted by Crippen LogP contribution is 1.99. The van der Waals surface area contributed by atoms with Gasteiger partial charge in [0.15, 0.2) is 0 Å². The van der Waals surface area contributed by atoms with Crippen LogP contribution in [0.1, 0.15) is 5.76 Å². The Bertz CT molecular complexity index is 440. The Hall–Kier alpha value is -2.00. The highest BCUT2D eigenvalue weighted by molar-refractivity contribution is 5.95. The quantitative estimate of drug-likeness (QED) is 0.636. The summed E-state index contributed by atoms with van der Waals surface area (Å²) >= 11 is 0. The number of furan rings is 1. The van der Waals surface area contributed by atoms with Gasteiger partial charge < -0.3 is 14.8 Å². The van der Waals surface area contributed by atoms with Gasteiger partial charge in [-0.1, -0.05) is 0 Å². The fourth-order valence-corrected chi connectivity index (χ4v) is 1.57. The molecule has 118 valence electrons. The first kappa shape index (κ1) is 17.1. The van der Waals surface area contributed by atoms with E-state index in [1.54, 1.807) is 12.1 Å². The summed E-state index contributed by atoms with van der Waals surface area (Å²) in [5.41, 5.74) is 0. The zero-order valence-electron chi connectivity index (χ0n) is 11.2. The molecule has 0 unspecified atom stereocenters. The molecule has 0 bridgehead atoms. The molecule has 3 N–H and O–H groups in total. The van der Waals surface area contributed by atoms with Gasteiger partial charge in [0.25, 0.3) is 6.43 Å².